The number of carbonyl (C=O) groups is 1. The molecule has 0 heterocycles. The molecular weight excluding hydrogens is 378 g/mol. The summed E-state index contributed by atoms with van der Waals surface area (Å²) in [5.41, 5.74) is 0. The van der Waals surface area contributed by atoms with Crippen LogP contribution < -0.4 is 0 Å². The van der Waals surface area contributed by atoms with Crippen molar-refractivity contribution in [3.63, 3.8) is 0 Å². The quantitative estimate of drug-likeness (QED) is 0.163. The minimum absolute atomic E-state index is 0.0997. The van der Waals surface area contributed by atoms with E-state index >= 15 is 0 Å². The maximum absolute atomic E-state index is 10.8. The van der Waals surface area contributed by atoms with Gasteiger partial charge in [-0.1, -0.05) is 45.1 Å². The number of esters is 1. The van der Waals surface area contributed by atoms with Gasteiger partial charge >= 0.3 is 20.5 Å². The Kier molecular flexibility index (Phi) is 13.1. The molecule has 1 atom stereocenters. The first-order valence-corrected chi connectivity index (χ1v) is 11.8. The first-order valence-electron chi connectivity index (χ1n) is 7.70. The Labute approximate surface area is 147 Å². The van der Waals surface area contributed by atoms with Gasteiger partial charge in [-0.05, 0) is 24.6 Å². The van der Waals surface area contributed by atoms with Gasteiger partial charge in [-0.2, -0.15) is 0 Å². The van der Waals surface area contributed by atoms with Crippen molar-refractivity contribution < 1.29 is 37.6 Å². The Bertz CT molecular complexity index is 465. The van der Waals surface area contributed by atoms with E-state index in [9.17, 15) is 14.3 Å². The average molecular weight is 404 g/mol. The summed E-state index contributed by atoms with van der Waals surface area (Å²) in [6, 6.07) is 0. The highest BCUT2D eigenvalue weighted by Crippen LogP contribution is 2.57. The van der Waals surface area contributed by atoms with Crippen molar-refractivity contribution in [2.24, 2.45) is 0 Å². The molecule has 8 nitrogen and oxygen atoms in total. The monoisotopic (exact) mass is 404 g/mol. The van der Waals surface area contributed by atoms with Gasteiger partial charge in [0, 0.05) is 6.08 Å². The largest absolute Gasteiger partial charge is 0.476 e. The molecule has 0 aromatic carbocycles. The average Bonchev–Trinajstić information content (AvgIpc) is 2.45. The summed E-state index contributed by atoms with van der Waals surface area (Å²) >= 11 is 4.48. The highest BCUT2D eigenvalue weighted by atomic mass is 32.5. The molecular formula is C13H26O8P2S. The molecule has 0 aliphatic heterocycles. The van der Waals surface area contributed by atoms with Crippen molar-refractivity contribution >= 4 is 32.3 Å². The lowest BCUT2D eigenvalue weighted by Crippen LogP contribution is -2.01. The first-order chi connectivity index (χ1) is 11.2. The Hall–Kier alpha value is -0.110. The molecule has 0 aliphatic carbocycles. The molecule has 0 aromatic heterocycles. The standard InChI is InChI=1S/C13H26O8P2S/c1-2-13(14)19-11-9-7-5-3-4-6-8-10-12-20-23(18,24)21-22(15,16)17/h2H,1,3-12H2,(H,18,24)(H2,15,16,17). The van der Waals surface area contributed by atoms with E-state index in [0.29, 0.717) is 13.0 Å². The van der Waals surface area contributed by atoms with Crippen molar-refractivity contribution in [2.45, 2.75) is 51.4 Å². The minimum Gasteiger partial charge on any atom is -0.463 e. The lowest BCUT2D eigenvalue weighted by atomic mass is 10.1. The van der Waals surface area contributed by atoms with Crippen LogP contribution in [0.5, 0.6) is 0 Å². The number of unbranched alkanes of at least 4 members (excludes halogenated alkanes) is 7. The van der Waals surface area contributed by atoms with Gasteiger partial charge in [0.15, 0.2) is 0 Å². The molecule has 0 rings (SSSR count). The predicted molar refractivity (Wildman–Crippen MR) is 93.7 cm³/mol. The summed E-state index contributed by atoms with van der Waals surface area (Å²) in [7, 11) is -4.84. The zero-order chi connectivity index (χ0) is 18.5. The van der Waals surface area contributed by atoms with Gasteiger partial charge < -0.3 is 23.9 Å². The smallest absolute Gasteiger partial charge is 0.463 e. The molecule has 3 N–H and O–H groups in total. The predicted octanol–water partition coefficient (Wildman–Crippen LogP) is 3.18. The molecule has 1 unspecified atom stereocenters. The third-order valence-corrected chi connectivity index (χ3v) is 6.02. The number of phosphoric acid groups is 1. The van der Waals surface area contributed by atoms with Gasteiger partial charge in [0.2, 0.25) is 0 Å². The van der Waals surface area contributed by atoms with Gasteiger partial charge in [-0.3, -0.25) is 0 Å². The van der Waals surface area contributed by atoms with Crippen LogP contribution in [0.1, 0.15) is 51.4 Å². The third-order valence-electron chi connectivity index (χ3n) is 2.91. The van der Waals surface area contributed by atoms with Crippen LogP contribution in [0.3, 0.4) is 0 Å². The molecule has 11 heteroatoms. The van der Waals surface area contributed by atoms with E-state index in [4.69, 9.17) is 19.0 Å². The number of carbonyl (C=O) groups excluding carboxylic acids is 1. The van der Waals surface area contributed by atoms with Crippen LogP contribution in [0.15, 0.2) is 12.7 Å². The zero-order valence-corrected chi connectivity index (χ0v) is 16.1. The van der Waals surface area contributed by atoms with Crippen molar-refractivity contribution in [1.82, 2.24) is 0 Å². The van der Waals surface area contributed by atoms with E-state index in [1.54, 1.807) is 0 Å². The Morgan fingerprint density at radius 3 is 1.88 bits per heavy atom. The second-order valence-electron chi connectivity index (χ2n) is 5.07. The summed E-state index contributed by atoms with van der Waals surface area (Å²) in [6.07, 6.45) is 8.67. The van der Waals surface area contributed by atoms with E-state index in [0.717, 1.165) is 51.0 Å². The van der Waals surface area contributed by atoms with Crippen molar-refractivity contribution in [3.05, 3.63) is 12.7 Å². The number of hydrogen-bond acceptors (Lipinski definition) is 6. The SMILES string of the molecule is C=CC(=O)OCCCCCCCCCCOP(O)(=S)OP(=O)(O)O. The van der Waals surface area contributed by atoms with Crippen LogP contribution in [0.25, 0.3) is 0 Å². The summed E-state index contributed by atoms with van der Waals surface area (Å²) in [6.45, 7) is -0.0338. The number of rotatable bonds is 15. The summed E-state index contributed by atoms with van der Waals surface area (Å²) in [4.78, 5) is 37.3. The summed E-state index contributed by atoms with van der Waals surface area (Å²) < 4.78 is 24.3. The van der Waals surface area contributed by atoms with Crippen LogP contribution >= 0.6 is 14.5 Å². The number of ether oxygens (including phenoxy) is 1. The van der Waals surface area contributed by atoms with Crippen LogP contribution in [0.2, 0.25) is 0 Å². The highest BCUT2D eigenvalue weighted by Gasteiger charge is 2.27. The molecule has 24 heavy (non-hydrogen) atoms. The molecule has 0 amide bonds. The van der Waals surface area contributed by atoms with E-state index in [2.05, 4.69) is 22.7 Å². The fourth-order valence-corrected chi connectivity index (χ4v) is 4.46. The molecule has 0 bridgehead atoms. The van der Waals surface area contributed by atoms with Crippen molar-refractivity contribution in [1.29, 1.82) is 0 Å². The van der Waals surface area contributed by atoms with E-state index in [1.807, 2.05) is 0 Å². The van der Waals surface area contributed by atoms with Crippen LogP contribution in [-0.2, 0) is 34.7 Å². The van der Waals surface area contributed by atoms with Gasteiger partial charge in [0.05, 0.1) is 13.2 Å². The first kappa shape index (κ1) is 23.9. The van der Waals surface area contributed by atoms with Crippen molar-refractivity contribution in [3.8, 4) is 0 Å². The van der Waals surface area contributed by atoms with Crippen LogP contribution in [0, 0.1) is 0 Å². The topological polar surface area (TPSA) is 123 Å². The lowest BCUT2D eigenvalue weighted by molar-refractivity contribution is -0.137. The van der Waals surface area contributed by atoms with E-state index in [-0.39, 0.29) is 6.61 Å². The molecule has 0 aliphatic rings. The van der Waals surface area contributed by atoms with Gasteiger partial charge in [-0.25, -0.2) is 13.7 Å². The van der Waals surface area contributed by atoms with Gasteiger partial charge in [0.1, 0.15) is 0 Å². The van der Waals surface area contributed by atoms with Crippen LogP contribution in [0.4, 0.5) is 0 Å². The maximum Gasteiger partial charge on any atom is 0.476 e. The third kappa shape index (κ3) is 16.7. The minimum atomic E-state index is -4.84. The maximum atomic E-state index is 10.8. The molecule has 0 radical (unpaired) electrons. The molecule has 0 fully saturated rings. The Morgan fingerprint density at radius 1 is 0.958 bits per heavy atom. The fraction of sp³-hybridized carbons (Fsp3) is 0.769. The van der Waals surface area contributed by atoms with Gasteiger partial charge in [-0.15, -0.1) is 0 Å². The lowest BCUT2D eigenvalue weighted by Gasteiger charge is -2.15. The normalized spacial score (nSPS) is 14.1. The highest BCUT2D eigenvalue weighted by molar-refractivity contribution is 8.08. The van der Waals surface area contributed by atoms with E-state index in [1.165, 1.54) is 0 Å². The van der Waals surface area contributed by atoms with E-state index < -0.39 is 20.5 Å². The second-order valence-corrected chi connectivity index (χ2v) is 9.29. The molecule has 0 saturated heterocycles. The molecule has 142 valence electrons. The second kappa shape index (κ2) is 13.1. The molecule has 0 saturated carbocycles. The summed E-state index contributed by atoms with van der Waals surface area (Å²) in [5.74, 6) is -0.392. The Morgan fingerprint density at radius 2 is 1.42 bits per heavy atom. The van der Waals surface area contributed by atoms with Crippen molar-refractivity contribution in [2.75, 3.05) is 13.2 Å². The fourth-order valence-electron chi connectivity index (χ4n) is 1.83. The molecule has 0 spiro atoms. The zero-order valence-electron chi connectivity index (χ0n) is 13.5. The number of hydrogen-bond donors (Lipinski definition) is 3. The molecule has 0 aromatic rings. The summed E-state index contributed by atoms with van der Waals surface area (Å²) in [5, 5.41) is 0. The Balaban J connectivity index is 3.40. The van der Waals surface area contributed by atoms with Crippen LogP contribution in [-0.4, -0.2) is 33.9 Å². The van der Waals surface area contributed by atoms with Gasteiger partial charge in [0.25, 0.3) is 0 Å².